The molecule has 3 aliphatic rings. The van der Waals surface area contributed by atoms with Crippen LogP contribution in [0.3, 0.4) is 0 Å². The molecule has 126 valence electrons. The van der Waals surface area contributed by atoms with Crippen LogP contribution in [-0.4, -0.2) is 28.5 Å². The first-order valence-electron chi connectivity index (χ1n) is 8.82. The van der Waals surface area contributed by atoms with Gasteiger partial charge in [-0.2, -0.15) is 10.1 Å². The van der Waals surface area contributed by atoms with E-state index >= 15 is 0 Å². The summed E-state index contributed by atoms with van der Waals surface area (Å²) < 4.78 is 0. The second-order valence-electron chi connectivity index (χ2n) is 6.61. The Labute approximate surface area is 147 Å². The van der Waals surface area contributed by atoms with Gasteiger partial charge in [-0.3, -0.25) is 5.01 Å². The monoisotopic (exact) mass is 331 g/mol. The molecule has 0 atom stereocenters. The molecule has 0 unspecified atom stereocenters. The molecule has 1 aliphatic heterocycles. The molecular weight excluding hydrogens is 310 g/mol. The minimum Gasteiger partial charge on any atom is -0.299 e. The minimum atomic E-state index is 0.748. The minimum absolute atomic E-state index is 0.748. The second kappa shape index (κ2) is 6.56. The van der Waals surface area contributed by atoms with E-state index in [2.05, 4.69) is 45.4 Å². The Bertz CT molecular complexity index is 891. The van der Waals surface area contributed by atoms with Gasteiger partial charge in [0.1, 0.15) is 23.8 Å². The van der Waals surface area contributed by atoms with Gasteiger partial charge >= 0.3 is 0 Å². The van der Waals surface area contributed by atoms with E-state index in [0.29, 0.717) is 0 Å². The fraction of sp³-hybridized carbons (Fsp3) is 0.350. The van der Waals surface area contributed by atoms with E-state index in [4.69, 9.17) is 0 Å². The van der Waals surface area contributed by atoms with E-state index in [9.17, 15) is 5.26 Å². The standard InChI is InChI=1S/C20H21N5/c1-24(12-11-15-7-3-2-4-8-15)25-20-17-10-6-5-9-16(17)18(13-21)19(20)22-14-23-25/h2-4,7-8,14H,5-6,9-12H2,1H3. The molecule has 1 heterocycles. The summed E-state index contributed by atoms with van der Waals surface area (Å²) in [5, 5.41) is 16.2. The fourth-order valence-electron chi connectivity index (χ4n) is 3.79. The van der Waals surface area contributed by atoms with Crippen molar-refractivity contribution in [1.29, 1.82) is 5.26 Å². The van der Waals surface area contributed by atoms with E-state index in [-0.39, 0.29) is 0 Å². The van der Waals surface area contributed by atoms with Gasteiger partial charge in [0.25, 0.3) is 0 Å². The number of hydrogen-bond donors (Lipinski definition) is 0. The molecular formula is C20H21N5. The van der Waals surface area contributed by atoms with Gasteiger partial charge in [0, 0.05) is 13.6 Å². The van der Waals surface area contributed by atoms with Crippen molar-refractivity contribution in [2.24, 2.45) is 0 Å². The zero-order valence-electron chi connectivity index (χ0n) is 14.4. The Balaban J connectivity index is 1.69. The van der Waals surface area contributed by atoms with Crippen LogP contribution in [0.5, 0.6) is 0 Å². The second-order valence-corrected chi connectivity index (χ2v) is 6.61. The summed E-state index contributed by atoms with van der Waals surface area (Å²) in [5.74, 6) is 0. The van der Waals surface area contributed by atoms with Crippen LogP contribution < -0.4 is 5.01 Å². The van der Waals surface area contributed by atoms with E-state index in [0.717, 1.165) is 49.2 Å². The van der Waals surface area contributed by atoms with Gasteiger partial charge in [0.05, 0.1) is 5.56 Å². The number of nitriles is 1. The maximum Gasteiger partial charge on any atom is 0.138 e. The van der Waals surface area contributed by atoms with Crippen molar-refractivity contribution in [3.05, 3.63) is 58.9 Å². The van der Waals surface area contributed by atoms with Gasteiger partial charge in [-0.25, -0.2) is 4.98 Å². The highest BCUT2D eigenvalue weighted by atomic mass is 15.6. The molecule has 0 radical (unpaired) electrons. The third-order valence-corrected chi connectivity index (χ3v) is 5.07. The number of aromatic nitrogens is 3. The van der Waals surface area contributed by atoms with Crippen molar-refractivity contribution in [1.82, 2.24) is 14.9 Å². The summed E-state index contributed by atoms with van der Waals surface area (Å²) in [6.45, 7) is 0.850. The van der Waals surface area contributed by atoms with Crippen molar-refractivity contribution in [3.63, 3.8) is 0 Å². The average Bonchev–Trinajstić information content (AvgIpc) is 3.00. The van der Waals surface area contributed by atoms with Crippen molar-refractivity contribution >= 4 is 0 Å². The molecule has 0 spiro atoms. The predicted molar refractivity (Wildman–Crippen MR) is 97.2 cm³/mol. The Morgan fingerprint density at radius 1 is 1.16 bits per heavy atom. The number of likely N-dealkylation sites (N-methyl/N-ethyl adjacent to an activating group) is 1. The molecule has 4 rings (SSSR count). The molecule has 0 bridgehead atoms. The summed E-state index contributed by atoms with van der Waals surface area (Å²) in [5.41, 5.74) is 6.33. The molecule has 1 aromatic carbocycles. The molecule has 0 amide bonds. The molecule has 0 saturated heterocycles. The Morgan fingerprint density at radius 2 is 1.92 bits per heavy atom. The third-order valence-electron chi connectivity index (χ3n) is 5.07. The van der Waals surface area contributed by atoms with Gasteiger partial charge in [0.2, 0.25) is 0 Å². The van der Waals surface area contributed by atoms with Crippen molar-refractivity contribution < 1.29 is 0 Å². The quantitative estimate of drug-likeness (QED) is 0.737. The van der Waals surface area contributed by atoms with Crippen LogP contribution in [0.2, 0.25) is 0 Å². The molecule has 0 N–H and O–H groups in total. The van der Waals surface area contributed by atoms with Gasteiger partial charge in [0.15, 0.2) is 0 Å². The normalized spacial score (nSPS) is 13.4. The predicted octanol–water partition coefficient (Wildman–Crippen LogP) is 2.94. The van der Waals surface area contributed by atoms with E-state index in [1.807, 2.05) is 17.9 Å². The lowest BCUT2D eigenvalue weighted by atomic mass is 9.94. The van der Waals surface area contributed by atoms with Gasteiger partial charge < -0.3 is 0 Å². The fourth-order valence-corrected chi connectivity index (χ4v) is 3.79. The highest BCUT2D eigenvalue weighted by Crippen LogP contribution is 2.38. The van der Waals surface area contributed by atoms with Crippen LogP contribution in [0, 0.1) is 11.3 Å². The van der Waals surface area contributed by atoms with E-state index in [1.54, 1.807) is 6.33 Å². The van der Waals surface area contributed by atoms with Crippen LogP contribution >= 0.6 is 0 Å². The maximum atomic E-state index is 9.63. The Hall–Kier alpha value is -2.87. The number of benzene rings is 1. The molecule has 2 aliphatic carbocycles. The summed E-state index contributed by atoms with van der Waals surface area (Å²) in [6.07, 6.45) is 6.81. The van der Waals surface area contributed by atoms with Gasteiger partial charge in [-0.15, -0.1) is 5.10 Å². The topological polar surface area (TPSA) is 57.7 Å². The van der Waals surface area contributed by atoms with Gasteiger partial charge in [-0.05, 0) is 48.8 Å². The van der Waals surface area contributed by atoms with Crippen molar-refractivity contribution in [2.45, 2.75) is 32.1 Å². The largest absolute Gasteiger partial charge is 0.299 e. The lowest BCUT2D eigenvalue weighted by Crippen LogP contribution is -2.35. The first-order chi connectivity index (χ1) is 12.3. The number of hydrogen-bond acceptors (Lipinski definition) is 4. The Morgan fingerprint density at radius 3 is 2.68 bits per heavy atom. The number of nitrogens with zero attached hydrogens (tertiary/aromatic N) is 5. The van der Waals surface area contributed by atoms with E-state index < -0.39 is 0 Å². The molecule has 5 nitrogen and oxygen atoms in total. The third kappa shape index (κ3) is 2.74. The summed E-state index contributed by atoms with van der Waals surface area (Å²) in [7, 11) is 2.05. The zero-order valence-corrected chi connectivity index (χ0v) is 14.4. The molecule has 0 aromatic heterocycles. The smallest absolute Gasteiger partial charge is 0.138 e. The first-order valence-corrected chi connectivity index (χ1v) is 8.82. The zero-order chi connectivity index (χ0) is 17.2. The first kappa shape index (κ1) is 15.6. The number of fused-ring (bicyclic) bond motifs is 3. The Kier molecular flexibility index (Phi) is 4.10. The van der Waals surface area contributed by atoms with Crippen LogP contribution in [0.4, 0.5) is 0 Å². The van der Waals surface area contributed by atoms with Crippen LogP contribution in [0.15, 0.2) is 36.7 Å². The highest BCUT2D eigenvalue weighted by molar-refractivity contribution is 5.76. The van der Waals surface area contributed by atoms with Crippen molar-refractivity contribution in [3.8, 4) is 17.5 Å². The van der Waals surface area contributed by atoms with E-state index in [1.165, 1.54) is 23.1 Å². The SMILES string of the molecule is CN(CCc1ccccc1)n1ncnc2c(C#N)c3c(c1-2)CCCC3. The molecule has 1 aromatic rings. The van der Waals surface area contributed by atoms with Crippen LogP contribution in [0.25, 0.3) is 11.4 Å². The van der Waals surface area contributed by atoms with Crippen molar-refractivity contribution in [2.75, 3.05) is 18.6 Å². The molecule has 5 heteroatoms. The summed E-state index contributed by atoms with van der Waals surface area (Å²) in [6, 6.07) is 12.8. The maximum absolute atomic E-state index is 9.63. The summed E-state index contributed by atoms with van der Waals surface area (Å²) >= 11 is 0. The van der Waals surface area contributed by atoms with Crippen LogP contribution in [0.1, 0.15) is 35.1 Å². The highest BCUT2D eigenvalue weighted by Gasteiger charge is 2.29. The molecule has 0 saturated carbocycles. The number of rotatable bonds is 4. The lowest BCUT2D eigenvalue weighted by Gasteiger charge is -2.25. The van der Waals surface area contributed by atoms with Crippen LogP contribution in [-0.2, 0) is 19.3 Å². The lowest BCUT2D eigenvalue weighted by molar-refractivity contribution is 0.561. The van der Waals surface area contributed by atoms with Gasteiger partial charge in [-0.1, -0.05) is 30.3 Å². The average molecular weight is 331 g/mol. The molecule has 25 heavy (non-hydrogen) atoms. The summed E-state index contributed by atoms with van der Waals surface area (Å²) in [4.78, 5) is 6.38. The molecule has 0 fully saturated rings.